The molecule has 0 amide bonds. The Labute approximate surface area is 91.7 Å². The number of hydrogen-bond donors (Lipinski definition) is 0. The van der Waals surface area contributed by atoms with Gasteiger partial charge in [0.1, 0.15) is 16.6 Å². The summed E-state index contributed by atoms with van der Waals surface area (Å²) in [6, 6.07) is 5.75. The van der Waals surface area contributed by atoms with Gasteiger partial charge < -0.3 is 4.52 Å². The van der Waals surface area contributed by atoms with Crippen molar-refractivity contribution in [3.8, 4) is 16.6 Å². The van der Waals surface area contributed by atoms with Gasteiger partial charge in [-0.3, -0.25) is 0 Å². The van der Waals surface area contributed by atoms with Gasteiger partial charge in [-0.1, -0.05) is 5.16 Å². The fourth-order valence-electron chi connectivity index (χ4n) is 1.06. The van der Waals surface area contributed by atoms with Gasteiger partial charge in [0, 0.05) is 6.07 Å². The minimum atomic E-state index is -4.54. The Morgan fingerprint density at radius 3 is 2.62 bits per heavy atom. The molecule has 0 atom stereocenters. The van der Waals surface area contributed by atoms with Crippen molar-refractivity contribution in [3.63, 3.8) is 0 Å². The van der Waals surface area contributed by atoms with Crippen LogP contribution in [0.2, 0.25) is 0 Å². The van der Waals surface area contributed by atoms with Crippen molar-refractivity contribution in [2.45, 2.75) is 6.18 Å². The number of thiophene rings is 1. The van der Waals surface area contributed by atoms with Crippen LogP contribution in [0.25, 0.3) is 10.6 Å². The maximum Gasteiger partial charge on any atom is 0.452 e. The van der Waals surface area contributed by atoms with Gasteiger partial charge in [-0.2, -0.15) is 18.4 Å². The number of nitriles is 1. The van der Waals surface area contributed by atoms with Crippen LogP contribution in [-0.4, -0.2) is 5.16 Å². The summed E-state index contributed by atoms with van der Waals surface area (Å²) in [7, 11) is 0. The first-order chi connectivity index (χ1) is 7.50. The van der Waals surface area contributed by atoms with E-state index in [1.165, 1.54) is 12.1 Å². The molecule has 0 bridgehead atoms. The van der Waals surface area contributed by atoms with E-state index in [4.69, 9.17) is 5.26 Å². The Morgan fingerprint density at radius 1 is 1.38 bits per heavy atom. The lowest BCUT2D eigenvalue weighted by atomic mass is 10.3. The second kappa shape index (κ2) is 3.64. The minimum Gasteiger partial charge on any atom is -0.351 e. The minimum absolute atomic E-state index is 0.0822. The Hall–Kier alpha value is -1.81. The molecule has 82 valence electrons. The third kappa shape index (κ3) is 1.92. The molecule has 0 saturated heterocycles. The Balaban J connectivity index is 2.36. The Bertz CT molecular complexity index is 550. The van der Waals surface area contributed by atoms with Gasteiger partial charge in [0.2, 0.25) is 5.76 Å². The van der Waals surface area contributed by atoms with E-state index in [9.17, 15) is 13.2 Å². The van der Waals surface area contributed by atoms with Crippen LogP contribution in [0.4, 0.5) is 13.2 Å². The van der Waals surface area contributed by atoms with Crippen molar-refractivity contribution >= 4 is 11.3 Å². The summed E-state index contributed by atoms with van der Waals surface area (Å²) >= 11 is 1.06. The summed E-state index contributed by atoms with van der Waals surface area (Å²) in [5, 5.41) is 11.9. The number of halogens is 3. The first-order valence-corrected chi connectivity index (χ1v) is 4.86. The summed E-state index contributed by atoms with van der Waals surface area (Å²) in [6.07, 6.45) is -4.54. The molecular formula is C9H3F3N2OS. The van der Waals surface area contributed by atoms with E-state index >= 15 is 0 Å². The molecule has 2 rings (SSSR count). The third-order valence-electron chi connectivity index (χ3n) is 1.76. The number of aromatic nitrogens is 1. The number of nitrogens with zero attached hydrogens (tertiary/aromatic N) is 2. The lowest BCUT2D eigenvalue weighted by molar-refractivity contribution is -0.155. The van der Waals surface area contributed by atoms with E-state index < -0.39 is 11.9 Å². The first kappa shape index (κ1) is 10.7. The van der Waals surface area contributed by atoms with E-state index in [1.807, 2.05) is 6.07 Å². The molecule has 0 N–H and O–H groups in total. The number of hydrogen-bond acceptors (Lipinski definition) is 4. The van der Waals surface area contributed by atoms with Gasteiger partial charge in [0.25, 0.3) is 0 Å². The van der Waals surface area contributed by atoms with Crippen molar-refractivity contribution in [3.05, 3.63) is 28.8 Å². The van der Waals surface area contributed by atoms with E-state index in [1.54, 1.807) is 0 Å². The second-order valence-corrected chi connectivity index (χ2v) is 3.93. The fourth-order valence-corrected chi connectivity index (χ4v) is 1.82. The molecule has 0 aliphatic heterocycles. The van der Waals surface area contributed by atoms with Crippen LogP contribution in [0.1, 0.15) is 10.6 Å². The van der Waals surface area contributed by atoms with Crippen molar-refractivity contribution in [1.29, 1.82) is 5.26 Å². The van der Waals surface area contributed by atoms with Crippen molar-refractivity contribution < 1.29 is 17.7 Å². The molecule has 0 spiro atoms. The monoisotopic (exact) mass is 244 g/mol. The van der Waals surface area contributed by atoms with Gasteiger partial charge in [-0.15, -0.1) is 11.3 Å². The third-order valence-corrected chi connectivity index (χ3v) is 2.77. The molecule has 16 heavy (non-hydrogen) atoms. The number of alkyl halides is 3. The smallest absolute Gasteiger partial charge is 0.351 e. The summed E-state index contributed by atoms with van der Waals surface area (Å²) in [6.45, 7) is 0. The zero-order chi connectivity index (χ0) is 11.8. The van der Waals surface area contributed by atoms with Crippen LogP contribution in [0.5, 0.6) is 0 Å². The average Bonchev–Trinajstić information content (AvgIpc) is 2.85. The topological polar surface area (TPSA) is 49.8 Å². The van der Waals surface area contributed by atoms with Crippen molar-refractivity contribution in [2.75, 3.05) is 0 Å². The molecule has 2 aromatic rings. The normalized spacial score (nSPS) is 11.4. The van der Waals surface area contributed by atoms with Gasteiger partial charge in [0.15, 0.2) is 0 Å². The predicted octanol–water partition coefficient (Wildman–Crippen LogP) is 3.29. The zero-order valence-electron chi connectivity index (χ0n) is 7.58. The standard InChI is InChI=1S/C9H3F3N2OS/c10-9(11,12)8-3-6(14-15-8)7-2-1-5(4-13)16-7/h1-3H. The molecule has 7 heteroatoms. The van der Waals surface area contributed by atoms with E-state index in [2.05, 4.69) is 9.68 Å². The summed E-state index contributed by atoms with van der Waals surface area (Å²) in [4.78, 5) is 0.877. The molecule has 2 heterocycles. The van der Waals surface area contributed by atoms with Gasteiger partial charge in [-0.25, -0.2) is 0 Å². The van der Waals surface area contributed by atoms with Crippen molar-refractivity contribution in [1.82, 2.24) is 5.16 Å². The molecule has 0 unspecified atom stereocenters. The zero-order valence-corrected chi connectivity index (χ0v) is 8.39. The predicted molar refractivity (Wildman–Crippen MR) is 49.5 cm³/mol. The van der Waals surface area contributed by atoms with Gasteiger partial charge in [0.05, 0.1) is 4.88 Å². The second-order valence-electron chi connectivity index (χ2n) is 2.85. The molecule has 0 saturated carbocycles. The van der Waals surface area contributed by atoms with E-state index in [0.717, 1.165) is 17.4 Å². The highest BCUT2D eigenvalue weighted by atomic mass is 32.1. The molecule has 0 aromatic carbocycles. The van der Waals surface area contributed by atoms with Crippen LogP contribution >= 0.6 is 11.3 Å². The maximum atomic E-state index is 12.2. The highest BCUT2D eigenvalue weighted by Crippen LogP contribution is 2.34. The molecule has 0 radical (unpaired) electrons. The van der Waals surface area contributed by atoms with Crippen LogP contribution in [0.15, 0.2) is 22.7 Å². The molecule has 0 aliphatic rings. The molecule has 0 fully saturated rings. The van der Waals surface area contributed by atoms with Crippen LogP contribution in [-0.2, 0) is 6.18 Å². The molecule has 2 aromatic heterocycles. The largest absolute Gasteiger partial charge is 0.452 e. The van der Waals surface area contributed by atoms with Crippen LogP contribution < -0.4 is 0 Å². The molecule has 3 nitrogen and oxygen atoms in total. The van der Waals surface area contributed by atoms with Crippen molar-refractivity contribution in [2.24, 2.45) is 0 Å². The fraction of sp³-hybridized carbons (Fsp3) is 0.111. The van der Waals surface area contributed by atoms with Crippen LogP contribution in [0, 0.1) is 11.3 Å². The number of rotatable bonds is 1. The maximum absolute atomic E-state index is 12.2. The van der Waals surface area contributed by atoms with Crippen LogP contribution in [0.3, 0.4) is 0 Å². The van der Waals surface area contributed by atoms with Gasteiger partial charge >= 0.3 is 6.18 Å². The Morgan fingerprint density at radius 2 is 2.12 bits per heavy atom. The molecular weight excluding hydrogens is 241 g/mol. The lowest BCUT2D eigenvalue weighted by Crippen LogP contribution is -2.01. The summed E-state index contributed by atoms with van der Waals surface area (Å²) in [5.74, 6) is -1.14. The SMILES string of the molecule is N#Cc1ccc(-c2cc(C(F)(F)F)on2)s1. The quantitative estimate of drug-likeness (QED) is 0.773. The summed E-state index contributed by atoms with van der Waals surface area (Å²) < 4.78 is 40.8. The highest BCUT2D eigenvalue weighted by molar-refractivity contribution is 7.15. The lowest BCUT2D eigenvalue weighted by Gasteiger charge is -1.97. The van der Waals surface area contributed by atoms with E-state index in [-0.39, 0.29) is 5.69 Å². The average molecular weight is 244 g/mol. The summed E-state index contributed by atoms with van der Waals surface area (Å²) in [5.41, 5.74) is 0.0822. The Kier molecular flexibility index (Phi) is 2.44. The molecule has 0 aliphatic carbocycles. The van der Waals surface area contributed by atoms with Gasteiger partial charge in [-0.05, 0) is 12.1 Å². The van der Waals surface area contributed by atoms with E-state index in [0.29, 0.717) is 9.75 Å². The first-order valence-electron chi connectivity index (χ1n) is 4.05. The highest BCUT2D eigenvalue weighted by Gasteiger charge is 2.36.